The van der Waals surface area contributed by atoms with Gasteiger partial charge in [-0.2, -0.15) is 9.61 Å². The van der Waals surface area contributed by atoms with Crippen molar-refractivity contribution in [3.05, 3.63) is 41.0 Å². The summed E-state index contributed by atoms with van der Waals surface area (Å²) in [6.07, 6.45) is 4.05. The zero-order chi connectivity index (χ0) is 23.8. The topological polar surface area (TPSA) is 84.1 Å². The number of aromatic nitrogens is 3. The Morgan fingerprint density at radius 1 is 1.21 bits per heavy atom. The van der Waals surface area contributed by atoms with Gasteiger partial charge < -0.3 is 24.8 Å². The third-order valence-corrected chi connectivity index (χ3v) is 6.74. The molecule has 2 bridgehead atoms. The first-order valence-electron chi connectivity index (χ1n) is 12.0. The molecular weight excluding hydrogens is 454 g/mol. The maximum atomic E-state index is 10.0. The van der Waals surface area contributed by atoms with E-state index in [4.69, 9.17) is 31.2 Å². The van der Waals surface area contributed by atoms with Crippen molar-refractivity contribution < 1.29 is 14.6 Å². The Morgan fingerprint density at radius 3 is 2.68 bits per heavy atom. The van der Waals surface area contributed by atoms with Gasteiger partial charge >= 0.3 is 0 Å². The van der Waals surface area contributed by atoms with Crippen molar-refractivity contribution in [3.63, 3.8) is 0 Å². The number of aliphatic hydroxyl groups is 1. The van der Waals surface area contributed by atoms with Crippen LogP contribution in [-0.2, 0) is 4.74 Å². The number of likely N-dealkylation sites (N-methyl/N-ethyl adjacent to an activating group) is 1. The lowest BCUT2D eigenvalue weighted by Crippen LogP contribution is -2.43. The van der Waals surface area contributed by atoms with Crippen LogP contribution in [0.3, 0.4) is 0 Å². The van der Waals surface area contributed by atoms with Crippen molar-refractivity contribution in [2.75, 3.05) is 38.2 Å². The highest BCUT2D eigenvalue weighted by atomic mass is 35.5. The first kappa shape index (κ1) is 23.4. The maximum absolute atomic E-state index is 10.0. The molecule has 3 atom stereocenters. The van der Waals surface area contributed by atoms with Gasteiger partial charge in [0.2, 0.25) is 0 Å². The minimum Gasteiger partial charge on any atom is -0.491 e. The molecule has 4 heterocycles. The molecule has 0 saturated carbocycles. The van der Waals surface area contributed by atoms with Crippen LogP contribution >= 0.6 is 11.6 Å². The number of fused-ring (bicyclic) bond motifs is 3. The van der Waals surface area contributed by atoms with Crippen molar-refractivity contribution >= 4 is 23.1 Å². The van der Waals surface area contributed by atoms with Gasteiger partial charge in [0.05, 0.1) is 24.1 Å². The monoisotopic (exact) mass is 485 g/mol. The number of morpholine rings is 1. The van der Waals surface area contributed by atoms with Crippen molar-refractivity contribution in [1.82, 2.24) is 19.9 Å². The average Bonchev–Trinajstić information content (AvgIpc) is 3.39. The molecule has 0 amide bonds. The van der Waals surface area contributed by atoms with E-state index in [9.17, 15) is 5.11 Å². The Bertz CT molecular complexity index is 1150. The summed E-state index contributed by atoms with van der Waals surface area (Å²) >= 11 is 6.46. The Kier molecular flexibility index (Phi) is 6.66. The number of nitrogens with one attached hydrogen (secondary N) is 1. The summed E-state index contributed by atoms with van der Waals surface area (Å²) in [5.41, 5.74) is 3.63. The lowest BCUT2D eigenvalue weighted by Gasteiger charge is -2.34. The molecule has 8 nitrogen and oxygen atoms in total. The molecule has 2 fully saturated rings. The zero-order valence-electron chi connectivity index (χ0n) is 19.9. The van der Waals surface area contributed by atoms with E-state index >= 15 is 0 Å². The zero-order valence-corrected chi connectivity index (χ0v) is 20.6. The number of halogens is 1. The molecule has 1 aromatic carbocycles. The maximum Gasteiger partial charge on any atom is 0.161 e. The second-order valence-electron chi connectivity index (χ2n) is 9.55. The van der Waals surface area contributed by atoms with Crippen LogP contribution in [0.1, 0.15) is 38.2 Å². The highest BCUT2D eigenvalue weighted by molar-refractivity contribution is 6.31. The molecule has 0 spiro atoms. The SMILES string of the molecule is CNCC(O)COc1cc(Cl)cc(-c2cc(N3CC4CCC(C3)O4)n3ncc(C(C)C)c3n2)c1. The van der Waals surface area contributed by atoms with Gasteiger partial charge in [0.25, 0.3) is 0 Å². The van der Waals surface area contributed by atoms with Crippen molar-refractivity contribution in [2.24, 2.45) is 0 Å². The van der Waals surface area contributed by atoms with E-state index in [0.717, 1.165) is 54.2 Å². The van der Waals surface area contributed by atoms with E-state index in [-0.39, 0.29) is 18.8 Å². The summed E-state index contributed by atoms with van der Waals surface area (Å²) in [5, 5.41) is 18.2. The Morgan fingerprint density at radius 2 is 1.97 bits per heavy atom. The van der Waals surface area contributed by atoms with Crippen LogP contribution in [0.25, 0.3) is 16.9 Å². The predicted octanol–water partition coefficient (Wildman–Crippen LogP) is 3.50. The van der Waals surface area contributed by atoms with Crippen LogP contribution in [0.15, 0.2) is 30.5 Å². The Balaban J connectivity index is 1.55. The van der Waals surface area contributed by atoms with Crippen LogP contribution in [0.2, 0.25) is 5.02 Å². The fourth-order valence-corrected chi connectivity index (χ4v) is 5.05. The van der Waals surface area contributed by atoms with E-state index in [1.54, 1.807) is 13.1 Å². The average molecular weight is 486 g/mol. The second kappa shape index (κ2) is 9.70. The largest absolute Gasteiger partial charge is 0.491 e. The third kappa shape index (κ3) is 4.73. The van der Waals surface area contributed by atoms with Crippen molar-refractivity contribution in [1.29, 1.82) is 0 Å². The van der Waals surface area contributed by atoms with E-state index < -0.39 is 6.10 Å². The van der Waals surface area contributed by atoms with Gasteiger partial charge in [0.15, 0.2) is 5.65 Å². The molecule has 9 heteroatoms. The van der Waals surface area contributed by atoms with Crippen LogP contribution < -0.4 is 15.0 Å². The predicted molar refractivity (Wildman–Crippen MR) is 133 cm³/mol. The van der Waals surface area contributed by atoms with E-state index in [2.05, 4.69) is 30.1 Å². The summed E-state index contributed by atoms with van der Waals surface area (Å²) in [5.74, 6) is 1.91. The van der Waals surface area contributed by atoms with Gasteiger partial charge in [-0.15, -0.1) is 0 Å². The molecule has 5 rings (SSSR count). The number of benzene rings is 1. The number of rotatable bonds is 8. The molecule has 2 N–H and O–H groups in total. The van der Waals surface area contributed by atoms with Gasteiger partial charge in [-0.1, -0.05) is 25.4 Å². The van der Waals surface area contributed by atoms with Gasteiger partial charge in [-0.3, -0.25) is 0 Å². The summed E-state index contributed by atoms with van der Waals surface area (Å²) < 4.78 is 13.9. The number of hydrogen-bond acceptors (Lipinski definition) is 7. The first-order chi connectivity index (χ1) is 16.4. The molecular formula is C25H32ClN5O3. The molecule has 2 aliphatic heterocycles. The highest BCUT2D eigenvalue weighted by Gasteiger charge is 2.35. The molecule has 2 aliphatic rings. The summed E-state index contributed by atoms with van der Waals surface area (Å²) in [4.78, 5) is 7.38. The standard InChI is InChI=1S/C25H32ClN5O3/c1-15(2)22-11-28-31-24(30-12-19-4-5-20(13-30)34-19)9-23(29-25(22)31)16-6-17(26)8-21(7-16)33-14-18(32)10-27-3/h6-9,11,15,18-20,27,32H,4-5,10,12-14H2,1-3H3. The number of nitrogens with zero attached hydrogens (tertiary/aromatic N) is 4. The molecule has 3 aromatic rings. The summed E-state index contributed by atoms with van der Waals surface area (Å²) in [7, 11) is 1.79. The van der Waals surface area contributed by atoms with Gasteiger partial charge in [-0.05, 0) is 44.0 Å². The van der Waals surface area contributed by atoms with E-state index in [0.29, 0.717) is 23.2 Å². The number of hydrogen-bond donors (Lipinski definition) is 2. The minimum absolute atomic E-state index is 0.176. The lowest BCUT2D eigenvalue weighted by atomic mass is 10.1. The van der Waals surface area contributed by atoms with E-state index in [1.807, 2.05) is 22.8 Å². The lowest BCUT2D eigenvalue weighted by molar-refractivity contribution is 0.0301. The normalized spacial score (nSPS) is 20.9. The fourth-order valence-electron chi connectivity index (χ4n) is 4.83. The molecule has 0 aliphatic carbocycles. The molecule has 0 radical (unpaired) electrons. The summed E-state index contributed by atoms with van der Waals surface area (Å²) in [6.45, 7) is 6.63. The highest BCUT2D eigenvalue weighted by Crippen LogP contribution is 2.35. The second-order valence-corrected chi connectivity index (χ2v) is 9.99. The molecule has 2 saturated heterocycles. The molecule has 2 aromatic heterocycles. The minimum atomic E-state index is -0.606. The van der Waals surface area contributed by atoms with Gasteiger partial charge in [0, 0.05) is 41.9 Å². The quantitative estimate of drug-likeness (QED) is 0.505. The first-order valence-corrected chi connectivity index (χ1v) is 12.3. The summed E-state index contributed by atoms with van der Waals surface area (Å²) in [6, 6.07) is 7.67. The van der Waals surface area contributed by atoms with Crippen LogP contribution in [0, 0.1) is 0 Å². The van der Waals surface area contributed by atoms with Gasteiger partial charge in [-0.25, -0.2) is 4.98 Å². The van der Waals surface area contributed by atoms with Crippen LogP contribution in [-0.4, -0.2) is 71.3 Å². The molecule has 34 heavy (non-hydrogen) atoms. The molecule has 3 unspecified atom stereocenters. The van der Waals surface area contributed by atoms with Crippen LogP contribution in [0.5, 0.6) is 5.75 Å². The van der Waals surface area contributed by atoms with Crippen molar-refractivity contribution in [2.45, 2.75) is 50.9 Å². The van der Waals surface area contributed by atoms with E-state index in [1.165, 1.54) is 0 Å². The molecule has 182 valence electrons. The fraction of sp³-hybridized carbons (Fsp3) is 0.520. The smallest absolute Gasteiger partial charge is 0.161 e. The Labute approximate surface area is 204 Å². The number of aliphatic hydroxyl groups excluding tert-OH is 1. The van der Waals surface area contributed by atoms with Crippen molar-refractivity contribution in [3.8, 4) is 17.0 Å². The number of anilines is 1. The number of ether oxygens (including phenoxy) is 2. The van der Waals surface area contributed by atoms with Gasteiger partial charge in [0.1, 0.15) is 24.3 Å². The van der Waals surface area contributed by atoms with Crippen LogP contribution in [0.4, 0.5) is 5.82 Å². The third-order valence-electron chi connectivity index (χ3n) is 6.52. The Hall–Kier alpha value is -2.39.